The molecule has 4 rings (SSSR count). The van der Waals surface area contributed by atoms with Crippen molar-refractivity contribution < 1.29 is 13.6 Å². The van der Waals surface area contributed by atoms with E-state index in [0.717, 1.165) is 49.4 Å². The highest BCUT2D eigenvalue weighted by atomic mass is 16.3. The van der Waals surface area contributed by atoms with E-state index in [1.807, 2.05) is 38.1 Å². The highest BCUT2D eigenvalue weighted by Gasteiger charge is 2.26. The van der Waals surface area contributed by atoms with Crippen LogP contribution in [0.5, 0.6) is 0 Å². The fourth-order valence-corrected chi connectivity index (χ4v) is 4.08. The van der Waals surface area contributed by atoms with Crippen LogP contribution in [0, 0.1) is 6.92 Å². The Bertz CT molecular complexity index is 1090. The second kappa shape index (κ2) is 8.88. The summed E-state index contributed by atoms with van der Waals surface area (Å²) in [4.78, 5) is 27.7. The minimum absolute atomic E-state index is 0.0322. The number of rotatable bonds is 6. The number of benzene rings is 1. The molecular formula is C24H28N2O4. The van der Waals surface area contributed by atoms with Crippen LogP contribution in [0.4, 0.5) is 0 Å². The van der Waals surface area contributed by atoms with Crippen LogP contribution in [-0.2, 0) is 6.42 Å². The number of hydrogen-bond acceptors (Lipinski definition) is 5. The van der Waals surface area contributed by atoms with Gasteiger partial charge in [-0.05, 0) is 69.1 Å². The minimum atomic E-state index is -0.390. The maximum Gasteiger partial charge on any atom is 0.287 e. The number of hydrogen-bond donors (Lipinski definition) is 1. The fraction of sp³-hybridized carbons (Fsp3) is 0.417. The molecule has 0 aliphatic carbocycles. The van der Waals surface area contributed by atoms with Crippen molar-refractivity contribution in [1.82, 2.24) is 10.2 Å². The molecule has 0 bridgehead atoms. The van der Waals surface area contributed by atoms with Gasteiger partial charge in [0.15, 0.2) is 11.2 Å². The van der Waals surface area contributed by atoms with Crippen LogP contribution in [0.2, 0.25) is 0 Å². The molecular weight excluding hydrogens is 380 g/mol. The molecule has 1 amide bonds. The molecule has 30 heavy (non-hydrogen) atoms. The summed E-state index contributed by atoms with van der Waals surface area (Å²) in [7, 11) is 0. The van der Waals surface area contributed by atoms with Crippen molar-refractivity contribution in [3.05, 3.63) is 69.5 Å². The summed E-state index contributed by atoms with van der Waals surface area (Å²) in [5, 5.41) is 3.45. The Morgan fingerprint density at radius 2 is 1.90 bits per heavy atom. The van der Waals surface area contributed by atoms with Crippen LogP contribution in [0.25, 0.3) is 11.0 Å². The van der Waals surface area contributed by atoms with Gasteiger partial charge in [-0.15, -0.1) is 0 Å². The van der Waals surface area contributed by atoms with Crippen LogP contribution < -0.4 is 10.7 Å². The predicted molar refractivity (Wildman–Crippen MR) is 116 cm³/mol. The highest BCUT2D eigenvalue weighted by Crippen LogP contribution is 2.26. The van der Waals surface area contributed by atoms with E-state index in [1.54, 1.807) is 6.07 Å². The first-order chi connectivity index (χ1) is 14.5. The summed E-state index contributed by atoms with van der Waals surface area (Å²) in [6, 6.07) is 10.7. The van der Waals surface area contributed by atoms with Gasteiger partial charge in [0.05, 0.1) is 11.4 Å². The molecule has 1 saturated heterocycles. The van der Waals surface area contributed by atoms with Gasteiger partial charge in [-0.3, -0.25) is 14.5 Å². The zero-order chi connectivity index (χ0) is 21.1. The normalized spacial score (nSPS) is 15.9. The van der Waals surface area contributed by atoms with Crippen LogP contribution in [0.1, 0.15) is 59.9 Å². The fourth-order valence-electron chi connectivity index (χ4n) is 4.08. The van der Waals surface area contributed by atoms with Crippen molar-refractivity contribution in [2.75, 3.05) is 19.6 Å². The molecule has 6 nitrogen and oxygen atoms in total. The quantitative estimate of drug-likeness (QED) is 0.661. The number of piperidine rings is 1. The summed E-state index contributed by atoms with van der Waals surface area (Å²) in [5.74, 6) is 1.34. The molecule has 0 unspecified atom stereocenters. The third kappa shape index (κ3) is 4.33. The summed E-state index contributed by atoms with van der Waals surface area (Å²) in [5.41, 5.74) is 1.29. The van der Waals surface area contributed by atoms with Gasteiger partial charge >= 0.3 is 0 Å². The lowest BCUT2D eigenvalue weighted by Gasteiger charge is -2.33. The molecule has 1 fully saturated rings. The van der Waals surface area contributed by atoms with Crippen LogP contribution in [-0.4, -0.2) is 30.4 Å². The average molecular weight is 408 g/mol. The van der Waals surface area contributed by atoms with Crippen LogP contribution >= 0.6 is 0 Å². The zero-order valence-electron chi connectivity index (χ0n) is 17.6. The van der Waals surface area contributed by atoms with E-state index >= 15 is 0 Å². The minimum Gasteiger partial charge on any atom is -0.465 e. The van der Waals surface area contributed by atoms with E-state index in [-0.39, 0.29) is 23.1 Å². The number of fused-ring (bicyclic) bond motifs is 1. The molecule has 1 N–H and O–H groups in total. The molecule has 6 heteroatoms. The molecule has 1 atom stereocenters. The largest absolute Gasteiger partial charge is 0.465 e. The van der Waals surface area contributed by atoms with Gasteiger partial charge in [0.2, 0.25) is 0 Å². The monoisotopic (exact) mass is 408 g/mol. The number of carbonyl (C=O) groups excluding carboxylic acids is 1. The summed E-state index contributed by atoms with van der Waals surface area (Å²) < 4.78 is 11.6. The van der Waals surface area contributed by atoms with Crippen molar-refractivity contribution in [3.63, 3.8) is 0 Å². The molecule has 2 aromatic heterocycles. The lowest BCUT2D eigenvalue weighted by molar-refractivity contribution is 0.0887. The summed E-state index contributed by atoms with van der Waals surface area (Å²) in [6.07, 6.45) is 4.35. The second-order valence-electron chi connectivity index (χ2n) is 7.93. The van der Waals surface area contributed by atoms with Gasteiger partial charge in [-0.2, -0.15) is 0 Å². The Labute approximate surface area is 175 Å². The SMILES string of the molecule is CCc1ccc2oc(C(=O)NC[C@H](c3ccc(C)o3)N3CCCCC3)cc(=O)c2c1. The Morgan fingerprint density at radius 3 is 2.60 bits per heavy atom. The molecule has 1 aromatic carbocycles. The lowest BCUT2D eigenvalue weighted by atomic mass is 10.1. The van der Waals surface area contributed by atoms with Gasteiger partial charge in [-0.25, -0.2) is 0 Å². The van der Waals surface area contributed by atoms with Crippen molar-refractivity contribution in [3.8, 4) is 0 Å². The number of amides is 1. The van der Waals surface area contributed by atoms with Crippen LogP contribution in [0.15, 0.2) is 50.0 Å². The van der Waals surface area contributed by atoms with E-state index in [0.29, 0.717) is 17.5 Å². The van der Waals surface area contributed by atoms with Gasteiger partial charge < -0.3 is 14.2 Å². The zero-order valence-corrected chi connectivity index (χ0v) is 17.6. The first-order valence-electron chi connectivity index (χ1n) is 10.7. The molecule has 3 aromatic rings. The smallest absolute Gasteiger partial charge is 0.287 e. The molecule has 1 aliphatic heterocycles. The number of aryl methyl sites for hydroxylation is 2. The third-order valence-corrected chi connectivity index (χ3v) is 5.80. The van der Waals surface area contributed by atoms with E-state index in [2.05, 4.69) is 10.2 Å². The van der Waals surface area contributed by atoms with E-state index in [9.17, 15) is 9.59 Å². The molecule has 0 radical (unpaired) electrons. The van der Waals surface area contributed by atoms with Crippen molar-refractivity contribution in [1.29, 1.82) is 0 Å². The van der Waals surface area contributed by atoms with Crippen molar-refractivity contribution >= 4 is 16.9 Å². The number of likely N-dealkylation sites (tertiary alicyclic amines) is 1. The Morgan fingerprint density at radius 1 is 1.10 bits per heavy atom. The lowest BCUT2D eigenvalue weighted by Crippen LogP contribution is -2.40. The second-order valence-corrected chi connectivity index (χ2v) is 7.93. The summed E-state index contributed by atoms with van der Waals surface area (Å²) >= 11 is 0. The third-order valence-electron chi connectivity index (χ3n) is 5.80. The summed E-state index contributed by atoms with van der Waals surface area (Å²) in [6.45, 7) is 6.30. The first kappa shape index (κ1) is 20.4. The van der Waals surface area contributed by atoms with Crippen molar-refractivity contribution in [2.45, 2.75) is 45.6 Å². The number of nitrogens with one attached hydrogen (secondary N) is 1. The average Bonchev–Trinajstić information content (AvgIpc) is 3.20. The number of carbonyl (C=O) groups is 1. The molecule has 0 spiro atoms. The molecule has 0 saturated carbocycles. The van der Waals surface area contributed by atoms with E-state index < -0.39 is 0 Å². The topological polar surface area (TPSA) is 75.7 Å². The molecule has 3 heterocycles. The highest BCUT2D eigenvalue weighted by molar-refractivity contribution is 5.93. The van der Waals surface area contributed by atoms with E-state index in [4.69, 9.17) is 8.83 Å². The standard InChI is InChI=1S/C24H28N2O4/c1-3-17-8-10-21-18(13-17)20(27)14-23(30-21)24(28)25-15-19(22-9-7-16(2)29-22)26-11-5-4-6-12-26/h7-10,13-14,19H,3-6,11-12,15H2,1-2H3,(H,25,28)/t19-/m1/s1. The Hall–Kier alpha value is -2.86. The Kier molecular flexibility index (Phi) is 6.04. The van der Waals surface area contributed by atoms with Gasteiger partial charge in [0, 0.05) is 12.6 Å². The maximum atomic E-state index is 12.8. The van der Waals surface area contributed by atoms with Crippen molar-refractivity contribution in [2.24, 2.45) is 0 Å². The predicted octanol–water partition coefficient (Wildman–Crippen LogP) is 4.21. The number of nitrogens with zero attached hydrogens (tertiary/aromatic N) is 1. The van der Waals surface area contributed by atoms with Gasteiger partial charge in [0.25, 0.3) is 5.91 Å². The van der Waals surface area contributed by atoms with Crippen LogP contribution in [0.3, 0.4) is 0 Å². The van der Waals surface area contributed by atoms with Gasteiger partial charge in [0.1, 0.15) is 17.1 Å². The van der Waals surface area contributed by atoms with E-state index in [1.165, 1.54) is 12.5 Å². The maximum absolute atomic E-state index is 12.8. The Balaban J connectivity index is 1.53. The molecule has 158 valence electrons. The number of furan rings is 1. The van der Waals surface area contributed by atoms with Gasteiger partial charge in [-0.1, -0.05) is 19.4 Å². The molecule has 1 aliphatic rings. The first-order valence-corrected chi connectivity index (χ1v) is 10.7.